The fourth-order valence-corrected chi connectivity index (χ4v) is 3.95. The first kappa shape index (κ1) is 20.9. The predicted octanol–water partition coefficient (Wildman–Crippen LogP) is 6.09. The number of aryl methyl sites for hydroxylation is 6. The van der Waals surface area contributed by atoms with E-state index < -0.39 is 0 Å². The summed E-state index contributed by atoms with van der Waals surface area (Å²) in [5.74, 6) is 0. The molecule has 29 heavy (non-hydrogen) atoms. The lowest BCUT2D eigenvalue weighted by molar-refractivity contribution is 0.722. The first-order chi connectivity index (χ1) is 13.8. The molecule has 2 atom stereocenters. The van der Waals surface area contributed by atoms with Crippen molar-refractivity contribution in [3.05, 3.63) is 82.0 Å². The van der Waals surface area contributed by atoms with Gasteiger partial charge < -0.3 is 0 Å². The van der Waals surface area contributed by atoms with Gasteiger partial charge in [0.25, 0.3) is 0 Å². The molecule has 3 heteroatoms. The fraction of sp³-hybridized carbons (Fsp3) is 0.308. The lowest BCUT2D eigenvalue weighted by Gasteiger charge is -2.15. The summed E-state index contributed by atoms with van der Waals surface area (Å²) >= 11 is 0. The number of nitrogens with zero attached hydrogens (tertiary/aromatic N) is 2. The molecule has 0 saturated carbocycles. The van der Waals surface area contributed by atoms with Crippen LogP contribution in [0.15, 0.2) is 58.6 Å². The second kappa shape index (κ2) is 9.15. The molecule has 1 N–H and O–H groups in total. The lowest BCUT2D eigenvalue weighted by Crippen LogP contribution is -2.37. The number of hydrogen-bond acceptors (Lipinski definition) is 3. The van der Waals surface area contributed by atoms with Crippen LogP contribution in [0.1, 0.15) is 33.4 Å². The summed E-state index contributed by atoms with van der Waals surface area (Å²) in [7, 11) is 0. The van der Waals surface area contributed by atoms with Crippen molar-refractivity contribution in [1.82, 2.24) is 5.32 Å². The van der Waals surface area contributed by atoms with Gasteiger partial charge in [-0.15, -0.1) is 0 Å². The third kappa shape index (κ3) is 5.39. The normalized spacial score (nSPS) is 19.4. The molecule has 2 aromatic carbocycles. The zero-order valence-electron chi connectivity index (χ0n) is 18.3. The summed E-state index contributed by atoms with van der Waals surface area (Å²) < 4.78 is 0. The van der Waals surface area contributed by atoms with E-state index in [4.69, 9.17) is 9.98 Å². The molecular weight excluding hydrogens is 354 g/mol. The number of aliphatic imine (C=N–C) groups is 2. The van der Waals surface area contributed by atoms with E-state index in [1.165, 1.54) is 33.4 Å². The molecule has 0 aliphatic carbocycles. The minimum atomic E-state index is 0.0433. The molecule has 0 amide bonds. The Morgan fingerprint density at radius 1 is 0.621 bits per heavy atom. The quantitative estimate of drug-likeness (QED) is 0.635. The van der Waals surface area contributed by atoms with Gasteiger partial charge in [-0.05, 0) is 63.8 Å². The highest BCUT2D eigenvalue weighted by Crippen LogP contribution is 2.26. The van der Waals surface area contributed by atoms with Crippen molar-refractivity contribution < 1.29 is 0 Å². The average molecular weight is 386 g/mol. The van der Waals surface area contributed by atoms with Gasteiger partial charge in [-0.25, -0.2) is 0 Å². The summed E-state index contributed by atoms with van der Waals surface area (Å²) in [6, 6.07) is 8.81. The van der Waals surface area contributed by atoms with Crippen LogP contribution in [0.5, 0.6) is 0 Å². The zero-order valence-corrected chi connectivity index (χ0v) is 18.3. The van der Waals surface area contributed by atoms with Gasteiger partial charge >= 0.3 is 0 Å². The molecule has 0 spiro atoms. The van der Waals surface area contributed by atoms with Crippen LogP contribution in [-0.4, -0.2) is 24.5 Å². The molecule has 3 nitrogen and oxygen atoms in total. The SMILES string of the molecule is Cc1cc(C)c(N=CC2C=CC=CC(C=Nc3c(C)cc(C)cc3C)N2)c(C)c1. The molecule has 0 fully saturated rings. The highest BCUT2D eigenvalue weighted by Gasteiger charge is 2.11. The van der Waals surface area contributed by atoms with Crippen LogP contribution in [0.2, 0.25) is 0 Å². The Hall–Kier alpha value is -2.78. The van der Waals surface area contributed by atoms with Crippen LogP contribution in [0.25, 0.3) is 0 Å². The largest absolute Gasteiger partial charge is 0.295 e. The maximum Gasteiger partial charge on any atom is 0.0685 e. The van der Waals surface area contributed by atoms with E-state index in [1.807, 2.05) is 12.4 Å². The molecular formula is C26H31N3. The van der Waals surface area contributed by atoms with Crippen molar-refractivity contribution in [2.24, 2.45) is 9.98 Å². The second-order valence-electron chi connectivity index (χ2n) is 8.04. The molecule has 3 rings (SSSR count). The Bertz CT molecular complexity index is 881. The molecule has 0 saturated heterocycles. The molecule has 0 aromatic heterocycles. The smallest absolute Gasteiger partial charge is 0.0685 e. The molecule has 1 heterocycles. The van der Waals surface area contributed by atoms with E-state index in [-0.39, 0.29) is 12.1 Å². The van der Waals surface area contributed by atoms with E-state index in [0.29, 0.717) is 0 Å². The van der Waals surface area contributed by atoms with Gasteiger partial charge in [0.15, 0.2) is 0 Å². The van der Waals surface area contributed by atoms with Crippen molar-refractivity contribution in [3.63, 3.8) is 0 Å². The van der Waals surface area contributed by atoms with E-state index in [0.717, 1.165) is 11.4 Å². The summed E-state index contributed by atoms with van der Waals surface area (Å²) in [6.45, 7) is 12.7. The topological polar surface area (TPSA) is 36.8 Å². The highest BCUT2D eigenvalue weighted by molar-refractivity contribution is 5.77. The summed E-state index contributed by atoms with van der Waals surface area (Å²) in [6.07, 6.45) is 12.3. The van der Waals surface area contributed by atoms with E-state index >= 15 is 0 Å². The molecule has 150 valence electrons. The first-order valence-corrected chi connectivity index (χ1v) is 10.2. The van der Waals surface area contributed by atoms with E-state index in [2.05, 4.69) is 95.4 Å². The van der Waals surface area contributed by atoms with Crippen LogP contribution in [-0.2, 0) is 0 Å². The van der Waals surface area contributed by atoms with Gasteiger partial charge in [-0.1, -0.05) is 59.7 Å². The van der Waals surface area contributed by atoms with Crippen molar-refractivity contribution in [3.8, 4) is 0 Å². The number of nitrogens with one attached hydrogen (secondary N) is 1. The van der Waals surface area contributed by atoms with Gasteiger partial charge in [0.05, 0.1) is 23.5 Å². The average Bonchev–Trinajstić information content (AvgIpc) is 2.85. The van der Waals surface area contributed by atoms with Gasteiger partial charge in [0, 0.05) is 12.4 Å². The summed E-state index contributed by atoms with van der Waals surface area (Å²) in [4.78, 5) is 9.58. The lowest BCUT2D eigenvalue weighted by atomic mass is 10.1. The molecule has 0 bridgehead atoms. The van der Waals surface area contributed by atoms with Crippen molar-refractivity contribution in [2.45, 2.75) is 53.6 Å². The Morgan fingerprint density at radius 2 is 0.966 bits per heavy atom. The minimum Gasteiger partial charge on any atom is -0.295 e. The van der Waals surface area contributed by atoms with Crippen molar-refractivity contribution in [2.75, 3.05) is 0 Å². The molecule has 2 unspecified atom stereocenters. The molecule has 1 aliphatic heterocycles. The van der Waals surface area contributed by atoms with Gasteiger partial charge in [0.2, 0.25) is 0 Å². The van der Waals surface area contributed by atoms with E-state index in [1.54, 1.807) is 0 Å². The maximum atomic E-state index is 4.79. The van der Waals surface area contributed by atoms with Gasteiger partial charge in [0.1, 0.15) is 0 Å². The molecule has 0 radical (unpaired) electrons. The van der Waals surface area contributed by atoms with Crippen LogP contribution >= 0.6 is 0 Å². The highest BCUT2D eigenvalue weighted by atomic mass is 15.0. The van der Waals surface area contributed by atoms with Gasteiger partial charge in [-0.2, -0.15) is 0 Å². The Morgan fingerprint density at radius 3 is 1.31 bits per heavy atom. The zero-order chi connectivity index (χ0) is 21.0. The van der Waals surface area contributed by atoms with Crippen LogP contribution in [0, 0.1) is 41.5 Å². The van der Waals surface area contributed by atoms with Crippen LogP contribution in [0.3, 0.4) is 0 Å². The summed E-state index contributed by atoms with van der Waals surface area (Å²) in [5, 5.41) is 3.58. The summed E-state index contributed by atoms with van der Waals surface area (Å²) in [5.41, 5.74) is 9.48. The number of hydrogen-bond donors (Lipinski definition) is 1. The standard InChI is InChI=1S/C26H31N3/c1-17-11-19(3)25(20(4)12-17)27-15-23-9-7-8-10-24(29-23)16-28-26-21(5)13-18(2)14-22(26)6/h7-16,23-24,29H,1-6H3. The first-order valence-electron chi connectivity index (χ1n) is 10.2. The Labute approximate surface area is 175 Å². The van der Waals surface area contributed by atoms with Crippen LogP contribution in [0.4, 0.5) is 11.4 Å². The number of benzene rings is 2. The second-order valence-corrected chi connectivity index (χ2v) is 8.04. The van der Waals surface area contributed by atoms with Crippen molar-refractivity contribution in [1.29, 1.82) is 0 Å². The van der Waals surface area contributed by atoms with Crippen molar-refractivity contribution >= 4 is 23.8 Å². The van der Waals surface area contributed by atoms with E-state index in [9.17, 15) is 0 Å². The molecule has 1 aliphatic rings. The Balaban J connectivity index is 1.76. The maximum absolute atomic E-state index is 4.79. The molecule has 2 aromatic rings. The Kier molecular flexibility index (Phi) is 6.60. The number of allylic oxidation sites excluding steroid dienone is 2. The minimum absolute atomic E-state index is 0.0433. The fourth-order valence-electron chi connectivity index (χ4n) is 3.95. The third-order valence-electron chi connectivity index (χ3n) is 5.13. The van der Waals surface area contributed by atoms with Gasteiger partial charge in [-0.3, -0.25) is 15.3 Å². The third-order valence-corrected chi connectivity index (χ3v) is 5.13. The van der Waals surface area contributed by atoms with Crippen LogP contribution < -0.4 is 5.32 Å². The predicted molar refractivity (Wildman–Crippen MR) is 127 cm³/mol. The monoisotopic (exact) mass is 385 g/mol. The number of rotatable bonds is 4.